The summed E-state index contributed by atoms with van der Waals surface area (Å²) < 4.78 is 0. The molecule has 0 radical (unpaired) electrons. The van der Waals surface area contributed by atoms with Gasteiger partial charge >= 0.3 is 0 Å². The predicted octanol–water partition coefficient (Wildman–Crippen LogP) is 2.75. The van der Waals surface area contributed by atoms with Crippen LogP contribution in [0.4, 0.5) is 0 Å². The number of nitrogens with one attached hydrogen (secondary N) is 1. The first kappa shape index (κ1) is 9.07. The molecule has 0 spiro atoms. The number of rotatable bonds is 3. The third kappa shape index (κ3) is 2.25. The lowest BCUT2D eigenvalue weighted by Crippen LogP contribution is -2.15. The van der Waals surface area contributed by atoms with Gasteiger partial charge < -0.3 is 4.98 Å². The van der Waals surface area contributed by atoms with Crippen LogP contribution in [-0.4, -0.2) is 15.3 Å². The zero-order valence-corrected chi connectivity index (χ0v) is 8.43. The highest BCUT2D eigenvalue weighted by molar-refractivity contribution is 6.20. The van der Waals surface area contributed by atoms with Crippen molar-refractivity contribution in [2.45, 2.75) is 37.5 Å². The normalized spacial score (nSPS) is 20.7. The summed E-state index contributed by atoms with van der Waals surface area (Å²) in [7, 11) is 0. The number of halogens is 1. The molecule has 1 heterocycles. The third-order valence-electron chi connectivity index (χ3n) is 2.85. The maximum Gasteiger partial charge on any atom is 0.107 e. The maximum atomic E-state index is 6.32. The second-order valence-corrected chi connectivity index (χ2v) is 4.36. The molecule has 2 nitrogen and oxygen atoms in total. The van der Waals surface area contributed by atoms with Crippen LogP contribution in [0.1, 0.15) is 31.5 Å². The van der Waals surface area contributed by atoms with Crippen molar-refractivity contribution in [1.82, 2.24) is 9.97 Å². The summed E-state index contributed by atoms with van der Waals surface area (Å²) in [6, 6.07) is 0. The zero-order valence-electron chi connectivity index (χ0n) is 7.67. The van der Waals surface area contributed by atoms with E-state index in [1.54, 1.807) is 6.20 Å². The van der Waals surface area contributed by atoms with Gasteiger partial charge in [0.05, 0.1) is 0 Å². The van der Waals surface area contributed by atoms with E-state index in [-0.39, 0.29) is 5.38 Å². The Labute approximate surface area is 83.7 Å². The van der Waals surface area contributed by atoms with E-state index in [1.165, 1.54) is 25.7 Å². The molecule has 1 aliphatic rings. The van der Waals surface area contributed by atoms with Crippen LogP contribution in [0.3, 0.4) is 0 Å². The molecule has 1 saturated carbocycles. The fraction of sp³-hybridized carbons (Fsp3) is 0.700. The first-order chi connectivity index (χ1) is 6.36. The number of aromatic nitrogens is 2. The van der Waals surface area contributed by atoms with Gasteiger partial charge in [-0.3, -0.25) is 0 Å². The van der Waals surface area contributed by atoms with Crippen LogP contribution < -0.4 is 0 Å². The Hall–Kier alpha value is -0.500. The Balaban J connectivity index is 1.87. The molecule has 0 aromatic carbocycles. The molecule has 1 unspecified atom stereocenters. The number of alkyl halides is 1. The summed E-state index contributed by atoms with van der Waals surface area (Å²) in [5, 5.41) is 0.272. The standard InChI is InChI=1S/C10H15ClN2/c11-9(8-3-1-2-4-8)7-10-12-5-6-13-10/h5-6,8-9H,1-4,7H2,(H,12,13). The molecule has 3 heteroatoms. The Morgan fingerprint density at radius 1 is 1.54 bits per heavy atom. The fourth-order valence-corrected chi connectivity index (χ4v) is 2.48. The van der Waals surface area contributed by atoms with Crippen LogP contribution in [0.25, 0.3) is 0 Å². The topological polar surface area (TPSA) is 28.7 Å². The van der Waals surface area contributed by atoms with Crippen LogP contribution in [-0.2, 0) is 6.42 Å². The smallest absolute Gasteiger partial charge is 0.107 e. The van der Waals surface area contributed by atoms with Crippen molar-refractivity contribution in [1.29, 1.82) is 0 Å². The highest BCUT2D eigenvalue weighted by Crippen LogP contribution is 2.31. The summed E-state index contributed by atoms with van der Waals surface area (Å²) in [4.78, 5) is 7.28. The molecule has 1 aromatic heterocycles. The number of nitrogens with zero attached hydrogens (tertiary/aromatic N) is 1. The van der Waals surface area contributed by atoms with Crippen molar-refractivity contribution in [3.63, 3.8) is 0 Å². The Morgan fingerprint density at radius 3 is 2.92 bits per heavy atom. The summed E-state index contributed by atoms with van der Waals surface area (Å²) in [6.07, 6.45) is 9.84. The number of imidazole rings is 1. The molecule has 2 rings (SSSR count). The van der Waals surface area contributed by atoms with Crippen molar-refractivity contribution >= 4 is 11.6 Å². The van der Waals surface area contributed by atoms with Crippen molar-refractivity contribution in [2.24, 2.45) is 5.92 Å². The Morgan fingerprint density at radius 2 is 2.31 bits per heavy atom. The van der Waals surface area contributed by atoms with Gasteiger partial charge in [0.15, 0.2) is 0 Å². The largest absolute Gasteiger partial charge is 0.349 e. The second kappa shape index (κ2) is 4.14. The van der Waals surface area contributed by atoms with E-state index in [0.717, 1.165) is 12.2 Å². The van der Waals surface area contributed by atoms with Crippen LogP contribution in [0.5, 0.6) is 0 Å². The molecule has 1 aliphatic carbocycles. The van der Waals surface area contributed by atoms with Crippen LogP contribution >= 0.6 is 11.6 Å². The Bertz CT molecular complexity index is 239. The molecule has 72 valence electrons. The van der Waals surface area contributed by atoms with Crippen LogP contribution in [0.15, 0.2) is 12.4 Å². The van der Waals surface area contributed by atoms with Gasteiger partial charge in [-0.15, -0.1) is 11.6 Å². The molecule has 1 atom stereocenters. The SMILES string of the molecule is ClC(Cc1ncc[nH]1)C1CCCC1. The van der Waals surface area contributed by atoms with E-state index in [1.807, 2.05) is 6.20 Å². The van der Waals surface area contributed by atoms with Crippen molar-refractivity contribution < 1.29 is 0 Å². The van der Waals surface area contributed by atoms with Gasteiger partial charge in [-0.05, 0) is 18.8 Å². The van der Waals surface area contributed by atoms with E-state index >= 15 is 0 Å². The lowest BCUT2D eigenvalue weighted by molar-refractivity contribution is 0.506. The highest BCUT2D eigenvalue weighted by atomic mass is 35.5. The third-order valence-corrected chi connectivity index (χ3v) is 3.37. The van der Waals surface area contributed by atoms with Crippen molar-refractivity contribution in [3.8, 4) is 0 Å². The number of H-pyrrole nitrogens is 1. The average molecular weight is 199 g/mol. The van der Waals surface area contributed by atoms with Crippen LogP contribution in [0.2, 0.25) is 0 Å². The molecule has 0 saturated heterocycles. The molecular formula is C10H15ClN2. The first-order valence-electron chi connectivity index (χ1n) is 4.98. The minimum atomic E-state index is 0.272. The van der Waals surface area contributed by atoms with Crippen LogP contribution in [0, 0.1) is 5.92 Å². The molecule has 13 heavy (non-hydrogen) atoms. The molecule has 1 fully saturated rings. The molecule has 1 N–H and O–H groups in total. The molecule has 0 amide bonds. The first-order valence-corrected chi connectivity index (χ1v) is 5.42. The van der Waals surface area contributed by atoms with Crippen molar-refractivity contribution in [2.75, 3.05) is 0 Å². The monoisotopic (exact) mass is 198 g/mol. The van der Waals surface area contributed by atoms with E-state index in [2.05, 4.69) is 9.97 Å². The van der Waals surface area contributed by atoms with E-state index in [0.29, 0.717) is 5.92 Å². The molecule has 1 aromatic rings. The summed E-state index contributed by atoms with van der Waals surface area (Å²) in [6.45, 7) is 0. The van der Waals surface area contributed by atoms with E-state index < -0.39 is 0 Å². The van der Waals surface area contributed by atoms with Gasteiger partial charge in [-0.25, -0.2) is 4.98 Å². The zero-order chi connectivity index (χ0) is 9.10. The second-order valence-electron chi connectivity index (χ2n) is 3.80. The van der Waals surface area contributed by atoms with Gasteiger partial charge in [0.25, 0.3) is 0 Å². The van der Waals surface area contributed by atoms with E-state index in [9.17, 15) is 0 Å². The number of hydrogen-bond acceptors (Lipinski definition) is 1. The summed E-state index contributed by atoms with van der Waals surface area (Å²) in [5.41, 5.74) is 0. The van der Waals surface area contributed by atoms with Gasteiger partial charge in [0, 0.05) is 24.2 Å². The lowest BCUT2D eigenvalue weighted by atomic mass is 10.0. The van der Waals surface area contributed by atoms with Crippen molar-refractivity contribution in [3.05, 3.63) is 18.2 Å². The highest BCUT2D eigenvalue weighted by Gasteiger charge is 2.23. The molecular weight excluding hydrogens is 184 g/mol. The average Bonchev–Trinajstić information content (AvgIpc) is 2.74. The molecule has 0 bridgehead atoms. The lowest BCUT2D eigenvalue weighted by Gasteiger charge is -2.14. The maximum absolute atomic E-state index is 6.32. The molecule has 0 aliphatic heterocycles. The van der Waals surface area contributed by atoms with Gasteiger partial charge in [-0.2, -0.15) is 0 Å². The predicted molar refractivity (Wildman–Crippen MR) is 53.9 cm³/mol. The fourth-order valence-electron chi connectivity index (χ4n) is 2.08. The van der Waals surface area contributed by atoms with Gasteiger partial charge in [-0.1, -0.05) is 12.8 Å². The minimum absolute atomic E-state index is 0.272. The Kier molecular flexibility index (Phi) is 2.89. The van der Waals surface area contributed by atoms with E-state index in [4.69, 9.17) is 11.6 Å². The number of aromatic amines is 1. The number of hydrogen-bond donors (Lipinski definition) is 1. The van der Waals surface area contributed by atoms with Gasteiger partial charge in [0.1, 0.15) is 5.82 Å². The summed E-state index contributed by atoms with van der Waals surface area (Å²) >= 11 is 6.32. The quantitative estimate of drug-likeness (QED) is 0.744. The van der Waals surface area contributed by atoms with Gasteiger partial charge in [0.2, 0.25) is 0 Å². The minimum Gasteiger partial charge on any atom is -0.349 e. The summed E-state index contributed by atoms with van der Waals surface area (Å²) in [5.74, 6) is 1.73.